The van der Waals surface area contributed by atoms with Crippen molar-refractivity contribution in [2.75, 3.05) is 20.1 Å². The average Bonchev–Trinajstić information content (AvgIpc) is 3.36. The van der Waals surface area contributed by atoms with Crippen molar-refractivity contribution < 1.29 is 9.53 Å². The molecule has 2 aliphatic rings. The number of allylic oxidation sites excluding steroid dienone is 1. The van der Waals surface area contributed by atoms with Crippen molar-refractivity contribution >= 4 is 29.3 Å². The molecule has 1 aromatic carbocycles. The molecule has 1 aliphatic heterocycles. The largest absolute Gasteiger partial charge is 0.487 e. The fourth-order valence-corrected chi connectivity index (χ4v) is 5.16. The number of likely N-dealkylation sites (N-methyl/N-ethyl adjacent to an activating group) is 1. The minimum atomic E-state index is -0.119. The standard InChI is InChI=1S/C29H31ClN4O3/c1-20(35)32(2)27-9-11-33(18-27)17-21-3-4-23-14-26(8-5-22(23)13-21)34-12-10-28(15-29(34)36)37-19-25-7-6-24(30)16-31-25/h3-4,6-7,10,12-16,27H,5,8-9,11,17-19H2,1-2H3. The summed E-state index contributed by atoms with van der Waals surface area (Å²) < 4.78 is 7.44. The molecule has 1 aliphatic carbocycles. The first kappa shape index (κ1) is 25.2. The van der Waals surface area contributed by atoms with E-state index in [-0.39, 0.29) is 18.1 Å². The molecule has 0 saturated carbocycles. The fourth-order valence-electron chi connectivity index (χ4n) is 5.04. The molecule has 0 bridgehead atoms. The normalized spacial score (nSPS) is 17.3. The van der Waals surface area contributed by atoms with Gasteiger partial charge < -0.3 is 9.64 Å². The molecule has 1 fully saturated rings. The molecule has 2 aromatic heterocycles. The number of hydrogen-bond acceptors (Lipinski definition) is 5. The van der Waals surface area contributed by atoms with Crippen molar-refractivity contribution in [3.8, 4) is 5.75 Å². The van der Waals surface area contributed by atoms with E-state index in [0.717, 1.165) is 55.9 Å². The van der Waals surface area contributed by atoms with Crippen LogP contribution < -0.4 is 10.3 Å². The number of hydrogen-bond donors (Lipinski definition) is 0. The van der Waals surface area contributed by atoms with Gasteiger partial charge in [0.1, 0.15) is 12.4 Å². The lowest BCUT2D eigenvalue weighted by Gasteiger charge is -2.24. The maximum Gasteiger partial charge on any atom is 0.258 e. The highest BCUT2D eigenvalue weighted by atomic mass is 35.5. The van der Waals surface area contributed by atoms with Crippen LogP contribution in [0.25, 0.3) is 11.8 Å². The molecule has 192 valence electrons. The van der Waals surface area contributed by atoms with Crippen molar-refractivity contribution in [3.63, 3.8) is 0 Å². The summed E-state index contributed by atoms with van der Waals surface area (Å²) in [6.07, 6.45) is 8.16. The SMILES string of the molecule is CC(=O)N(C)C1CCN(Cc2ccc3c(c2)CCC(n2ccc(OCc4ccc(Cl)cn4)cc2=O)=C3)C1. The zero-order valence-corrected chi connectivity index (χ0v) is 21.9. The zero-order chi connectivity index (χ0) is 25.9. The second-order valence-corrected chi connectivity index (χ2v) is 10.2. The summed E-state index contributed by atoms with van der Waals surface area (Å²) >= 11 is 5.87. The number of nitrogens with zero attached hydrogens (tertiary/aromatic N) is 4. The molecule has 1 saturated heterocycles. The van der Waals surface area contributed by atoms with E-state index in [1.54, 1.807) is 36.0 Å². The van der Waals surface area contributed by atoms with E-state index >= 15 is 0 Å². The number of likely N-dealkylation sites (tertiary alicyclic amines) is 1. The number of rotatable bonds is 7. The van der Waals surface area contributed by atoms with E-state index in [2.05, 4.69) is 34.2 Å². The quantitative estimate of drug-likeness (QED) is 0.461. The summed E-state index contributed by atoms with van der Waals surface area (Å²) in [4.78, 5) is 33.0. The molecular formula is C29H31ClN4O3. The lowest BCUT2D eigenvalue weighted by atomic mass is 9.93. The Balaban J connectivity index is 1.23. The molecule has 7 nitrogen and oxygen atoms in total. The number of ether oxygens (including phenoxy) is 1. The van der Waals surface area contributed by atoms with Gasteiger partial charge in [0.2, 0.25) is 5.91 Å². The molecule has 8 heteroatoms. The third-order valence-electron chi connectivity index (χ3n) is 7.25. The summed E-state index contributed by atoms with van der Waals surface area (Å²) in [5, 5.41) is 0.573. The van der Waals surface area contributed by atoms with E-state index < -0.39 is 0 Å². The number of benzene rings is 1. The lowest BCUT2D eigenvalue weighted by Crippen LogP contribution is -2.37. The third kappa shape index (κ3) is 5.95. The minimum Gasteiger partial charge on any atom is -0.487 e. The van der Waals surface area contributed by atoms with Gasteiger partial charge >= 0.3 is 0 Å². The van der Waals surface area contributed by atoms with Gasteiger partial charge in [0.15, 0.2) is 0 Å². The van der Waals surface area contributed by atoms with Gasteiger partial charge in [-0.25, -0.2) is 0 Å². The molecule has 37 heavy (non-hydrogen) atoms. The van der Waals surface area contributed by atoms with E-state index in [0.29, 0.717) is 16.8 Å². The van der Waals surface area contributed by atoms with Crippen LogP contribution in [0.1, 0.15) is 42.1 Å². The second kappa shape index (κ2) is 10.9. The Morgan fingerprint density at radius 1 is 1.19 bits per heavy atom. The van der Waals surface area contributed by atoms with Gasteiger partial charge in [-0.05, 0) is 60.2 Å². The Morgan fingerprint density at radius 3 is 2.81 bits per heavy atom. The third-order valence-corrected chi connectivity index (χ3v) is 7.48. The second-order valence-electron chi connectivity index (χ2n) is 9.80. The number of amides is 1. The van der Waals surface area contributed by atoms with Gasteiger partial charge in [0.25, 0.3) is 5.56 Å². The Kier molecular flexibility index (Phi) is 7.44. The average molecular weight is 519 g/mol. The molecule has 1 amide bonds. The van der Waals surface area contributed by atoms with Gasteiger partial charge in [-0.1, -0.05) is 29.8 Å². The van der Waals surface area contributed by atoms with Crippen LogP contribution in [0, 0.1) is 0 Å². The number of carbonyl (C=O) groups excluding carboxylic acids is 1. The van der Waals surface area contributed by atoms with E-state index in [1.807, 2.05) is 18.0 Å². The van der Waals surface area contributed by atoms with Crippen LogP contribution in [-0.2, 0) is 24.4 Å². The van der Waals surface area contributed by atoms with Gasteiger partial charge in [-0.3, -0.25) is 24.0 Å². The highest BCUT2D eigenvalue weighted by Crippen LogP contribution is 2.28. The van der Waals surface area contributed by atoms with E-state index in [9.17, 15) is 9.59 Å². The first-order valence-electron chi connectivity index (χ1n) is 12.6. The zero-order valence-electron chi connectivity index (χ0n) is 21.2. The monoisotopic (exact) mass is 518 g/mol. The Hall–Kier alpha value is -3.42. The summed E-state index contributed by atoms with van der Waals surface area (Å²) in [6, 6.07) is 13.8. The predicted octanol–water partition coefficient (Wildman–Crippen LogP) is 4.47. The number of aromatic nitrogens is 2. The maximum absolute atomic E-state index is 12.9. The number of aryl methyl sites for hydroxylation is 1. The molecule has 1 atom stereocenters. The van der Waals surface area contributed by atoms with Crippen LogP contribution in [0.5, 0.6) is 5.75 Å². The van der Waals surface area contributed by atoms with Gasteiger partial charge in [-0.2, -0.15) is 0 Å². The van der Waals surface area contributed by atoms with Crippen molar-refractivity contribution in [2.45, 2.75) is 45.4 Å². The fraction of sp³-hybridized carbons (Fsp3) is 0.345. The van der Waals surface area contributed by atoms with Gasteiger partial charge in [-0.15, -0.1) is 0 Å². The molecule has 5 rings (SSSR count). The Labute approximate surface area is 221 Å². The van der Waals surface area contributed by atoms with E-state index in [4.69, 9.17) is 16.3 Å². The molecule has 0 spiro atoms. The summed E-state index contributed by atoms with van der Waals surface area (Å²) in [5.74, 6) is 0.637. The summed E-state index contributed by atoms with van der Waals surface area (Å²) in [5.41, 5.74) is 5.35. The molecule has 1 unspecified atom stereocenters. The van der Waals surface area contributed by atoms with Crippen molar-refractivity contribution in [1.82, 2.24) is 19.4 Å². The van der Waals surface area contributed by atoms with Crippen LogP contribution in [0.4, 0.5) is 0 Å². The molecule has 3 heterocycles. The van der Waals surface area contributed by atoms with Crippen LogP contribution >= 0.6 is 11.6 Å². The Morgan fingerprint density at radius 2 is 2.05 bits per heavy atom. The van der Waals surface area contributed by atoms with Crippen molar-refractivity contribution in [1.29, 1.82) is 0 Å². The summed E-state index contributed by atoms with van der Waals surface area (Å²) in [6.45, 7) is 4.70. The van der Waals surface area contributed by atoms with Crippen LogP contribution in [0.2, 0.25) is 5.02 Å². The van der Waals surface area contributed by atoms with Gasteiger partial charge in [0, 0.05) is 63.8 Å². The minimum absolute atomic E-state index is 0.119. The highest BCUT2D eigenvalue weighted by molar-refractivity contribution is 6.30. The number of halogens is 1. The van der Waals surface area contributed by atoms with Crippen molar-refractivity contribution in [3.05, 3.63) is 92.6 Å². The topological polar surface area (TPSA) is 67.7 Å². The first-order valence-corrected chi connectivity index (χ1v) is 13.0. The maximum atomic E-state index is 12.9. The Bertz CT molecular complexity index is 1380. The van der Waals surface area contributed by atoms with Crippen LogP contribution in [0.15, 0.2) is 59.7 Å². The van der Waals surface area contributed by atoms with Crippen LogP contribution in [-0.4, -0.2) is 51.4 Å². The first-order chi connectivity index (χ1) is 17.9. The molecular weight excluding hydrogens is 488 g/mol. The lowest BCUT2D eigenvalue weighted by molar-refractivity contribution is -0.129. The summed E-state index contributed by atoms with van der Waals surface area (Å²) in [7, 11) is 1.89. The molecule has 3 aromatic rings. The van der Waals surface area contributed by atoms with Crippen LogP contribution in [0.3, 0.4) is 0 Å². The molecule has 0 N–H and O–H groups in total. The smallest absolute Gasteiger partial charge is 0.258 e. The number of fused-ring (bicyclic) bond motifs is 1. The van der Waals surface area contributed by atoms with Crippen molar-refractivity contribution in [2.24, 2.45) is 0 Å². The molecule has 0 radical (unpaired) electrons. The van der Waals surface area contributed by atoms with E-state index in [1.165, 1.54) is 17.2 Å². The number of pyridine rings is 2. The highest BCUT2D eigenvalue weighted by Gasteiger charge is 2.27. The predicted molar refractivity (Wildman–Crippen MR) is 145 cm³/mol. The number of carbonyl (C=O) groups is 1. The van der Waals surface area contributed by atoms with Gasteiger partial charge in [0.05, 0.1) is 10.7 Å².